The monoisotopic (exact) mass is 653 g/mol. The molecule has 2 fully saturated rings. The fourth-order valence-corrected chi connectivity index (χ4v) is 6.33. The molecule has 5 rings (SSSR count). The van der Waals surface area contributed by atoms with E-state index in [4.69, 9.17) is 11.6 Å². The number of imide groups is 2. The van der Waals surface area contributed by atoms with Crippen LogP contribution < -0.4 is 15.5 Å². The number of nitrogens with zero attached hydrogens (tertiary/aromatic N) is 3. The number of amides is 6. The number of rotatable bonds is 11. The molecule has 1 unspecified atom stereocenters. The average Bonchev–Trinajstić information content (AvgIpc) is 3.27. The Bertz CT molecular complexity index is 1530. The third-order valence-electron chi connectivity index (χ3n) is 8.47. The standard InChI is InChI=1S/C32H36ClN5O6S/c33-29-23(7-6-8-25(29)45)34-26(39)9-4-2-1-3-5-10-28(41)37-17-15-36(16-18-37)20-11-12-21-22(19-20)32(44)38(31(21)43)24-13-14-27(40)35-30(24)42/h6-8,11-12,19,24,45H,1-5,9-10,13-18H2,(H,34,39)(H,35,40,42). The van der Waals surface area contributed by atoms with Crippen molar-refractivity contribution in [2.75, 3.05) is 36.4 Å². The number of piperazine rings is 1. The number of nitrogens with one attached hydrogen (secondary N) is 2. The Kier molecular flexibility index (Phi) is 10.4. The van der Waals surface area contributed by atoms with Crippen LogP contribution in [0.3, 0.4) is 0 Å². The lowest BCUT2D eigenvalue weighted by atomic mass is 10.0. The summed E-state index contributed by atoms with van der Waals surface area (Å²) in [6, 6.07) is 9.37. The van der Waals surface area contributed by atoms with E-state index in [1.165, 1.54) is 0 Å². The number of fused-ring (bicyclic) bond motifs is 1. The maximum Gasteiger partial charge on any atom is 0.262 e. The van der Waals surface area contributed by atoms with Crippen molar-refractivity contribution in [3.63, 3.8) is 0 Å². The molecule has 11 nitrogen and oxygen atoms in total. The van der Waals surface area contributed by atoms with Gasteiger partial charge in [0.2, 0.25) is 23.6 Å². The molecule has 0 aliphatic carbocycles. The van der Waals surface area contributed by atoms with Gasteiger partial charge in [0.15, 0.2) is 0 Å². The largest absolute Gasteiger partial charge is 0.368 e. The third kappa shape index (κ3) is 7.50. The molecule has 0 radical (unpaired) electrons. The Morgan fingerprint density at radius 2 is 1.58 bits per heavy atom. The molecule has 2 aromatic rings. The Morgan fingerprint density at radius 3 is 2.31 bits per heavy atom. The van der Waals surface area contributed by atoms with Gasteiger partial charge in [-0.05, 0) is 49.6 Å². The highest BCUT2D eigenvalue weighted by Crippen LogP contribution is 2.31. The van der Waals surface area contributed by atoms with Crippen molar-refractivity contribution in [1.82, 2.24) is 15.1 Å². The van der Waals surface area contributed by atoms with Crippen LogP contribution >= 0.6 is 24.2 Å². The van der Waals surface area contributed by atoms with Gasteiger partial charge in [0.25, 0.3) is 11.8 Å². The summed E-state index contributed by atoms with van der Waals surface area (Å²) in [6.45, 7) is 2.30. The van der Waals surface area contributed by atoms with Crippen LogP contribution in [-0.4, -0.2) is 77.5 Å². The molecule has 0 spiro atoms. The molecule has 6 amide bonds. The first-order chi connectivity index (χ1) is 21.6. The van der Waals surface area contributed by atoms with Crippen molar-refractivity contribution in [3.8, 4) is 0 Å². The molecule has 238 valence electrons. The van der Waals surface area contributed by atoms with Crippen LogP contribution in [0.5, 0.6) is 0 Å². The molecule has 0 saturated carbocycles. The van der Waals surface area contributed by atoms with Gasteiger partial charge in [-0.15, -0.1) is 12.6 Å². The minimum atomic E-state index is -0.998. The number of anilines is 2. The lowest BCUT2D eigenvalue weighted by Crippen LogP contribution is -2.54. The number of thiol groups is 1. The van der Waals surface area contributed by atoms with Gasteiger partial charge in [-0.1, -0.05) is 36.9 Å². The van der Waals surface area contributed by atoms with Gasteiger partial charge in [0, 0.05) is 56.0 Å². The Hall–Kier alpha value is -3.90. The number of carbonyl (C=O) groups excluding carboxylic acids is 6. The molecule has 2 N–H and O–H groups in total. The molecular weight excluding hydrogens is 618 g/mol. The van der Waals surface area contributed by atoms with E-state index in [2.05, 4.69) is 28.2 Å². The zero-order valence-electron chi connectivity index (χ0n) is 24.9. The number of unbranched alkanes of at least 4 members (excludes halogenated alkanes) is 4. The maximum atomic E-state index is 13.2. The summed E-state index contributed by atoms with van der Waals surface area (Å²) in [5, 5.41) is 5.46. The van der Waals surface area contributed by atoms with E-state index in [1.54, 1.807) is 36.4 Å². The lowest BCUT2D eigenvalue weighted by Gasteiger charge is -2.36. The highest BCUT2D eigenvalue weighted by molar-refractivity contribution is 7.80. The first kappa shape index (κ1) is 32.5. The molecule has 0 bridgehead atoms. The van der Waals surface area contributed by atoms with Crippen molar-refractivity contribution in [2.24, 2.45) is 0 Å². The maximum absolute atomic E-state index is 13.2. The Morgan fingerprint density at radius 1 is 0.889 bits per heavy atom. The number of benzene rings is 2. The molecular formula is C32H36ClN5O6S. The molecule has 45 heavy (non-hydrogen) atoms. The summed E-state index contributed by atoms with van der Waals surface area (Å²) >= 11 is 10.4. The second-order valence-electron chi connectivity index (χ2n) is 11.5. The third-order valence-corrected chi connectivity index (χ3v) is 9.38. The van der Waals surface area contributed by atoms with Crippen molar-refractivity contribution in [2.45, 2.75) is 68.7 Å². The number of halogens is 1. The summed E-state index contributed by atoms with van der Waals surface area (Å²) in [5.41, 5.74) is 1.83. The average molecular weight is 654 g/mol. The van der Waals surface area contributed by atoms with Crippen LogP contribution in [0, 0.1) is 0 Å². The zero-order chi connectivity index (χ0) is 32.1. The SMILES string of the molecule is O=C1CCC(N2C(=O)c3ccc(N4CCN(C(=O)CCCCCCCC(=O)Nc5cccc(S)c5Cl)CC4)cc3C2=O)C(=O)N1. The van der Waals surface area contributed by atoms with Gasteiger partial charge in [0.1, 0.15) is 6.04 Å². The van der Waals surface area contributed by atoms with Gasteiger partial charge in [-0.3, -0.25) is 39.0 Å². The summed E-state index contributed by atoms with van der Waals surface area (Å²) in [6.07, 6.45) is 5.38. The van der Waals surface area contributed by atoms with E-state index >= 15 is 0 Å². The smallest absolute Gasteiger partial charge is 0.262 e. The van der Waals surface area contributed by atoms with Crippen molar-refractivity contribution < 1.29 is 28.8 Å². The first-order valence-corrected chi connectivity index (χ1v) is 16.1. The summed E-state index contributed by atoms with van der Waals surface area (Å²) < 4.78 is 0. The van der Waals surface area contributed by atoms with Gasteiger partial charge in [0.05, 0.1) is 21.8 Å². The van der Waals surface area contributed by atoms with E-state index < -0.39 is 29.7 Å². The fraction of sp³-hybridized carbons (Fsp3) is 0.438. The number of carbonyl (C=O) groups is 6. The summed E-state index contributed by atoms with van der Waals surface area (Å²) in [4.78, 5) is 80.5. The molecule has 3 aliphatic rings. The first-order valence-electron chi connectivity index (χ1n) is 15.3. The van der Waals surface area contributed by atoms with E-state index in [9.17, 15) is 28.8 Å². The van der Waals surface area contributed by atoms with Crippen LogP contribution in [-0.2, 0) is 19.2 Å². The Labute approximate surface area is 272 Å². The van der Waals surface area contributed by atoms with Gasteiger partial charge in [-0.2, -0.15) is 0 Å². The topological polar surface area (TPSA) is 136 Å². The highest BCUT2D eigenvalue weighted by Gasteiger charge is 2.44. The van der Waals surface area contributed by atoms with E-state index in [0.29, 0.717) is 54.6 Å². The molecule has 2 saturated heterocycles. The van der Waals surface area contributed by atoms with Crippen molar-refractivity contribution >= 4 is 71.0 Å². The van der Waals surface area contributed by atoms with E-state index in [-0.39, 0.29) is 35.8 Å². The predicted octanol–water partition coefficient (Wildman–Crippen LogP) is 4.05. The van der Waals surface area contributed by atoms with Crippen LogP contribution in [0.2, 0.25) is 5.02 Å². The van der Waals surface area contributed by atoms with Crippen LogP contribution in [0.25, 0.3) is 0 Å². The van der Waals surface area contributed by atoms with Gasteiger partial charge < -0.3 is 15.1 Å². The molecule has 1 atom stereocenters. The molecule has 13 heteroatoms. The number of hydrogen-bond donors (Lipinski definition) is 3. The van der Waals surface area contributed by atoms with Crippen LogP contribution in [0.1, 0.15) is 78.5 Å². The molecule has 3 aliphatic heterocycles. The quantitative estimate of drug-likeness (QED) is 0.189. The van der Waals surface area contributed by atoms with Gasteiger partial charge in [-0.25, -0.2) is 0 Å². The minimum absolute atomic E-state index is 0.0715. The highest BCUT2D eigenvalue weighted by atomic mass is 35.5. The van der Waals surface area contributed by atoms with Crippen LogP contribution in [0.15, 0.2) is 41.3 Å². The Balaban J connectivity index is 1.00. The molecule has 3 heterocycles. The van der Waals surface area contributed by atoms with E-state index in [1.807, 2.05) is 4.90 Å². The molecule has 2 aromatic carbocycles. The molecule has 0 aromatic heterocycles. The predicted molar refractivity (Wildman–Crippen MR) is 172 cm³/mol. The minimum Gasteiger partial charge on any atom is -0.368 e. The van der Waals surface area contributed by atoms with Crippen molar-refractivity contribution in [3.05, 3.63) is 52.5 Å². The second-order valence-corrected chi connectivity index (χ2v) is 12.4. The number of piperidine rings is 1. The van der Waals surface area contributed by atoms with Crippen LogP contribution in [0.4, 0.5) is 11.4 Å². The summed E-state index contributed by atoms with van der Waals surface area (Å²) in [5.74, 6) is -2.08. The van der Waals surface area contributed by atoms with Crippen molar-refractivity contribution in [1.29, 1.82) is 0 Å². The van der Waals surface area contributed by atoms with E-state index in [0.717, 1.165) is 42.7 Å². The summed E-state index contributed by atoms with van der Waals surface area (Å²) in [7, 11) is 0. The number of hydrogen-bond acceptors (Lipinski definition) is 8. The normalized spacial score (nSPS) is 18.3. The lowest BCUT2D eigenvalue weighted by molar-refractivity contribution is -0.136. The second kappa shape index (κ2) is 14.5. The fourth-order valence-electron chi connectivity index (χ4n) is 5.95. The van der Waals surface area contributed by atoms with Gasteiger partial charge >= 0.3 is 0 Å². The zero-order valence-corrected chi connectivity index (χ0v) is 26.5.